The van der Waals surface area contributed by atoms with Crippen molar-refractivity contribution in [1.29, 1.82) is 0 Å². The molecule has 16 heavy (non-hydrogen) atoms. The first-order valence-corrected chi connectivity index (χ1v) is 6.80. The Balaban J connectivity index is 1.81. The summed E-state index contributed by atoms with van der Waals surface area (Å²) in [7, 11) is 4.03. The van der Waals surface area contributed by atoms with Gasteiger partial charge < -0.3 is 10.2 Å². The number of hydrogen-bond acceptors (Lipinski definition) is 5. The predicted octanol–water partition coefficient (Wildman–Crippen LogP) is 2.56. The summed E-state index contributed by atoms with van der Waals surface area (Å²) in [6, 6.07) is 4.23. The van der Waals surface area contributed by atoms with Crippen LogP contribution in [0.4, 0.5) is 5.13 Å². The summed E-state index contributed by atoms with van der Waals surface area (Å²) < 4.78 is 0. The van der Waals surface area contributed by atoms with Crippen LogP contribution in [0.5, 0.6) is 0 Å². The summed E-state index contributed by atoms with van der Waals surface area (Å²) >= 11 is 3.52. The Morgan fingerprint density at radius 1 is 1.31 bits per heavy atom. The molecule has 1 N–H and O–H groups in total. The second kappa shape index (κ2) is 5.43. The maximum Gasteiger partial charge on any atom is 0.185 e. The van der Waals surface area contributed by atoms with E-state index in [9.17, 15) is 0 Å². The molecule has 0 aliphatic heterocycles. The van der Waals surface area contributed by atoms with Crippen molar-refractivity contribution in [1.82, 2.24) is 10.3 Å². The van der Waals surface area contributed by atoms with Crippen LogP contribution in [0.15, 0.2) is 23.7 Å². The summed E-state index contributed by atoms with van der Waals surface area (Å²) in [4.78, 5) is 9.02. The average molecular weight is 253 g/mol. The van der Waals surface area contributed by atoms with Crippen LogP contribution in [0.25, 0.3) is 0 Å². The van der Waals surface area contributed by atoms with Gasteiger partial charge in [-0.1, -0.05) is 6.07 Å². The fraction of sp³-hybridized carbons (Fsp3) is 0.364. The van der Waals surface area contributed by atoms with Crippen LogP contribution in [0.3, 0.4) is 0 Å². The summed E-state index contributed by atoms with van der Waals surface area (Å²) in [5.41, 5.74) is 0. The normalized spacial score (nSPS) is 10.6. The maximum absolute atomic E-state index is 4.34. The first-order chi connectivity index (χ1) is 7.75. The zero-order valence-corrected chi connectivity index (χ0v) is 11.1. The first-order valence-electron chi connectivity index (χ1n) is 5.11. The van der Waals surface area contributed by atoms with Gasteiger partial charge in [0.15, 0.2) is 5.13 Å². The van der Waals surface area contributed by atoms with E-state index in [-0.39, 0.29) is 0 Å². The van der Waals surface area contributed by atoms with Gasteiger partial charge in [0.05, 0.1) is 0 Å². The molecule has 86 valence electrons. The number of anilines is 1. The third-order valence-corrected chi connectivity index (χ3v) is 4.14. The van der Waals surface area contributed by atoms with Gasteiger partial charge in [-0.05, 0) is 11.4 Å². The van der Waals surface area contributed by atoms with Crippen LogP contribution < -0.4 is 10.2 Å². The number of nitrogens with one attached hydrogen (secondary N) is 1. The Labute approximate surface area is 104 Å². The summed E-state index contributed by atoms with van der Waals surface area (Å²) in [6.07, 6.45) is 1.95. The number of nitrogens with zero attached hydrogens (tertiary/aromatic N) is 2. The molecule has 0 aliphatic carbocycles. The first kappa shape index (κ1) is 11.6. The van der Waals surface area contributed by atoms with Gasteiger partial charge in [0, 0.05) is 43.1 Å². The molecule has 0 amide bonds. The lowest BCUT2D eigenvalue weighted by molar-refractivity contribution is 0.708. The van der Waals surface area contributed by atoms with Crippen LogP contribution in [0.2, 0.25) is 0 Å². The Morgan fingerprint density at radius 3 is 2.75 bits per heavy atom. The number of hydrogen-bond donors (Lipinski definition) is 1. The lowest BCUT2D eigenvalue weighted by Crippen LogP contribution is -2.10. The highest BCUT2D eigenvalue weighted by Crippen LogP contribution is 2.20. The molecular weight excluding hydrogens is 238 g/mol. The fourth-order valence-corrected chi connectivity index (χ4v) is 2.78. The minimum atomic E-state index is 0.892. The molecule has 0 saturated heterocycles. The van der Waals surface area contributed by atoms with E-state index in [1.165, 1.54) is 9.75 Å². The summed E-state index contributed by atoms with van der Waals surface area (Å²) in [5, 5.41) is 6.59. The average Bonchev–Trinajstić information content (AvgIpc) is 2.87. The molecule has 0 unspecified atom stereocenters. The Hall–Kier alpha value is -0.910. The lowest BCUT2D eigenvalue weighted by atomic mass is 10.4. The Kier molecular flexibility index (Phi) is 3.93. The van der Waals surface area contributed by atoms with Crippen molar-refractivity contribution in [2.75, 3.05) is 19.0 Å². The van der Waals surface area contributed by atoms with E-state index >= 15 is 0 Å². The number of aromatic nitrogens is 1. The standard InChI is InChI=1S/C11H15N3S2/c1-14(2)11-13-8-10(16-11)7-12-6-9-4-3-5-15-9/h3-5,8,12H,6-7H2,1-2H3. The van der Waals surface area contributed by atoms with Gasteiger partial charge in [-0.25, -0.2) is 4.98 Å². The van der Waals surface area contributed by atoms with Crippen LogP contribution in [-0.2, 0) is 13.1 Å². The Bertz CT molecular complexity index is 420. The molecule has 0 saturated carbocycles. The monoisotopic (exact) mass is 253 g/mol. The third-order valence-electron chi connectivity index (χ3n) is 2.10. The highest BCUT2D eigenvalue weighted by molar-refractivity contribution is 7.15. The molecule has 0 aromatic carbocycles. The molecule has 3 nitrogen and oxygen atoms in total. The number of rotatable bonds is 5. The SMILES string of the molecule is CN(C)c1ncc(CNCc2cccs2)s1. The molecule has 2 rings (SSSR count). The van der Waals surface area contributed by atoms with Gasteiger partial charge in [-0.3, -0.25) is 0 Å². The molecule has 2 aromatic rings. The molecule has 0 atom stereocenters. The largest absolute Gasteiger partial charge is 0.354 e. The van der Waals surface area contributed by atoms with Crippen molar-refractivity contribution in [3.05, 3.63) is 33.5 Å². The highest BCUT2D eigenvalue weighted by atomic mass is 32.1. The highest BCUT2D eigenvalue weighted by Gasteiger charge is 2.03. The molecule has 2 aromatic heterocycles. The molecule has 0 aliphatic rings. The van der Waals surface area contributed by atoms with E-state index in [1.54, 1.807) is 22.7 Å². The van der Waals surface area contributed by atoms with E-state index in [0.717, 1.165) is 18.2 Å². The minimum absolute atomic E-state index is 0.892. The summed E-state index contributed by atoms with van der Waals surface area (Å²) in [6.45, 7) is 1.83. The quantitative estimate of drug-likeness (QED) is 0.887. The van der Waals surface area contributed by atoms with Crippen molar-refractivity contribution < 1.29 is 0 Å². The van der Waals surface area contributed by atoms with E-state index < -0.39 is 0 Å². The van der Waals surface area contributed by atoms with Crippen molar-refractivity contribution in [2.45, 2.75) is 13.1 Å². The minimum Gasteiger partial charge on any atom is -0.354 e. The molecule has 5 heteroatoms. The smallest absolute Gasteiger partial charge is 0.185 e. The van der Waals surface area contributed by atoms with Crippen LogP contribution in [0, 0.1) is 0 Å². The third kappa shape index (κ3) is 3.04. The lowest BCUT2D eigenvalue weighted by Gasteiger charge is -2.05. The fourth-order valence-electron chi connectivity index (χ4n) is 1.31. The van der Waals surface area contributed by atoms with Crippen LogP contribution in [-0.4, -0.2) is 19.1 Å². The van der Waals surface area contributed by atoms with Gasteiger partial charge in [0.25, 0.3) is 0 Å². The zero-order chi connectivity index (χ0) is 11.4. The van der Waals surface area contributed by atoms with Crippen LogP contribution >= 0.6 is 22.7 Å². The van der Waals surface area contributed by atoms with E-state index in [4.69, 9.17) is 0 Å². The zero-order valence-electron chi connectivity index (χ0n) is 9.43. The number of thiazole rings is 1. The second-order valence-electron chi connectivity index (χ2n) is 3.69. The van der Waals surface area contributed by atoms with Crippen molar-refractivity contribution in [3.63, 3.8) is 0 Å². The Morgan fingerprint density at radius 2 is 2.12 bits per heavy atom. The molecule has 0 spiro atoms. The van der Waals surface area contributed by atoms with Crippen molar-refractivity contribution in [2.24, 2.45) is 0 Å². The predicted molar refractivity (Wildman–Crippen MR) is 71.3 cm³/mol. The molecule has 0 bridgehead atoms. The van der Waals surface area contributed by atoms with Crippen LogP contribution in [0.1, 0.15) is 9.75 Å². The van der Waals surface area contributed by atoms with E-state index in [2.05, 4.69) is 27.8 Å². The van der Waals surface area contributed by atoms with Gasteiger partial charge in [0.1, 0.15) is 0 Å². The van der Waals surface area contributed by atoms with Gasteiger partial charge in [-0.15, -0.1) is 22.7 Å². The molecule has 2 heterocycles. The topological polar surface area (TPSA) is 28.2 Å². The second-order valence-corrected chi connectivity index (χ2v) is 5.81. The van der Waals surface area contributed by atoms with E-state index in [1.807, 2.05) is 25.2 Å². The van der Waals surface area contributed by atoms with E-state index in [0.29, 0.717) is 0 Å². The molecule has 0 fully saturated rings. The van der Waals surface area contributed by atoms with Gasteiger partial charge in [-0.2, -0.15) is 0 Å². The van der Waals surface area contributed by atoms with Gasteiger partial charge >= 0.3 is 0 Å². The summed E-state index contributed by atoms with van der Waals surface area (Å²) in [5.74, 6) is 0. The van der Waals surface area contributed by atoms with Crippen molar-refractivity contribution >= 4 is 27.8 Å². The molecular formula is C11H15N3S2. The van der Waals surface area contributed by atoms with Crippen molar-refractivity contribution in [3.8, 4) is 0 Å². The number of thiophene rings is 1. The maximum atomic E-state index is 4.34. The van der Waals surface area contributed by atoms with Gasteiger partial charge in [0.2, 0.25) is 0 Å². The molecule has 0 radical (unpaired) electrons.